The number of Topliss-reactive ketones (excluding diaryl/α,β-unsaturated/α-hetero) is 2. The van der Waals surface area contributed by atoms with Crippen molar-refractivity contribution in [2.75, 3.05) is 13.2 Å². The molecule has 0 aliphatic heterocycles. The van der Waals surface area contributed by atoms with Crippen LogP contribution in [0.4, 0.5) is 8.78 Å². The Morgan fingerprint density at radius 2 is 1.15 bits per heavy atom. The zero-order chi connectivity index (χ0) is 33.0. The van der Waals surface area contributed by atoms with E-state index in [-0.39, 0.29) is 48.1 Å². The second kappa shape index (κ2) is 12.0. The molecule has 0 aromatic heterocycles. The lowest BCUT2D eigenvalue weighted by Gasteiger charge is -2.54. The first-order valence-electron chi connectivity index (χ1n) is 16.0. The molecule has 8 rings (SSSR count). The summed E-state index contributed by atoms with van der Waals surface area (Å²) in [5, 5.41) is 0. The number of alkyl halides is 2. The monoisotopic (exact) mass is 652 g/mol. The van der Waals surface area contributed by atoms with Crippen LogP contribution in [0.3, 0.4) is 0 Å². The lowest BCUT2D eigenvalue weighted by molar-refractivity contribution is -0.197. The van der Waals surface area contributed by atoms with E-state index in [0.29, 0.717) is 44.4 Å². The number of hydrogen-bond donors (Lipinski definition) is 0. The molecule has 0 saturated heterocycles. The minimum Gasteiger partial charge on any atom is -0.456 e. The first-order valence-corrected chi connectivity index (χ1v) is 16.0. The van der Waals surface area contributed by atoms with Gasteiger partial charge in [-0.1, -0.05) is 0 Å². The lowest BCUT2D eigenvalue weighted by atomic mass is 9.53. The van der Waals surface area contributed by atoms with Crippen LogP contribution in [0.25, 0.3) is 0 Å². The summed E-state index contributed by atoms with van der Waals surface area (Å²) in [5.41, 5.74) is -1.57. The van der Waals surface area contributed by atoms with E-state index < -0.39 is 79.1 Å². The van der Waals surface area contributed by atoms with Crippen LogP contribution >= 0.6 is 0 Å². The van der Waals surface area contributed by atoms with Gasteiger partial charge in [-0.05, 0) is 76.0 Å². The number of hydrogen-bond acceptors (Lipinski definition) is 12. The third-order valence-electron chi connectivity index (χ3n) is 10.7. The molecule has 46 heavy (non-hydrogen) atoms. The van der Waals surface area contributed by atoms with Crippen molar-refractivity contribution in [3.63, 3.8) is 0 Å². The summed E-state index contributed by atoms with van der Waals surface area (Å²) < 4.78 is 53.0. The summed E-state index contributed by atoms with van der Waals surface area (Å²) in [6.07, 6.45) is 2.88. The number of carbonyl (C=O) groups is 7. The molecule has 8 fully saturated rings. The molecule has 5 atom stereocenters. The molecule has 0 amide bonds. The van der Waals surface area contributed by atoms with Gasteiger partial charge in [0.2, 0.25) is 0 Å². The maximum Gasteiger partial charge on any atom is 0.377 e. The Labute approximate surface area is 263 Å². The van der Waals surface area contributed by atoms with Gasteiger partial charge in [0.1, 0.15) is 22.8 Å². The van der Waals surface area contributed by atoms with Gasteiger partial charge in [0.05, 0.1) is 0 Å². The van der Waals surface area contributed by atoms with Crippen molar-refractivity contribution in [2.24, 2.45) is 35.5 Å². The molecule has 0 aromatic carbocycles. The van der Waals surface area contributed by atoms with Crippen LogP contribution in [0.1, 0.15) is 84.0 Å². The summed E-state index contributed by atoms with van der Waals surface area (Å²) >= 11 is 0. The SMILES string of the molecule is CC(F)(F)C(=O)OC(CCC(=O)OCC(=O)OC12CC3CC(C1)C(=O)C(C3)C2)C(=O)OCC(=O)OC12CC3CC(C1)C(=O)C(C3)C2. The number of rotatable bonds is 12. The molecule has 0 radical (unpaired) electrons. The van der Waals surface area contributed by atoms with E-state index in [0.717, 1.165) is 25.7 Å². The van der Waals surface area contributed by atoms with Gasteiger partial charge in [0, 0.05) is 43.4 Å². The van der Waals surface area contributed by atoms with E-state index in [1.54, 1.807) is 0 Å². The fourth-order valence-corrected chi connectivity index (χ4v) is 9.28. The third kappa shape index (κ3) is 6.67. The van der Waals surface area contributed by atoms with Gasteiger partial charge in [-0.3, -0.25) is 14.4 Å². The molecule has 8 aliphatic carbocycles. The fourth-order valence-electron chi connectivity index (χ4n) is 9.28. The summed E-state index contributed by atoms with van der Waals surface area (Å²) in [7, 11) is 0. The predicted molar refractivity (Wildman–Crippen MR) is 146 cm³/mol. The predicted octanol–water partition coefficient (Wildman–Crippen LogP) is 2.80. The Morgan fingerprint density at radius 3 is 1.59 bits per heavy atom. The van der Waals surface area contributed by atoms with Gasteiger partial charge in [-0.2, -0.15) is 8.78 Å². The molecule has 8 aliphatic rings. The van der Waals surface area contributed by atoms with Crippen LogP contribution in [-0.2, 0) is 57.2 Å². The van der Waals surface area contributed by atoms with Gasteiger partial charge in [0.25, 0.3) is 0 Å². The summed E-state index contributed by atoms with van der Waals surface area (Å²) in [5.74, 6) is -9.60. The van der Waals surface area contributed by atoms with Crippen LogP contribution in [0.15, 0.2) is 0 Å². The van der Waals surface area contributed by atoms with Crippen LogP contribution < -0.4 is 0 Å². The van der Waals surface area contributed by atoms with Crippen LogP contribution in [0, 0.1) is 35.5 Å². The normalized spacial score (nSPS) is 35.8. The van der Waals surface area contributed by atoms with E-state index >= 15 is 0 Å². The molecule has 8 bridgehead atoms. The second-order valence-electron chi connectivity index (χ2n) is 14.4. The van der Waals surface area contributed by atoms with Gasteiger partial charge < -0.3 is 23.7 Å². The molecule has 0 N–H and O–H groups in total. The Bertz CT molecular complexity index is 1300. The molecule has 0 aromatic rings. The molecule has 8 saturated carbocycles. The van der Waals surface area contributed by atoms with Gasteiger partial charge in [0.15, 0.2) is 19.3 Å². The van der Waals surface area contributed by atoms with Crippen molar-refractivity contribution in [3.05, 3.63) is 0 Å². The Hall–Kier alpha value is -3.45. The van der Waals surface area contributed by atoms with Crippen LogP contribution in [0.2, 0.25) is 0 Å². The zero-order valence-electron chi connectivity index (χ0n) is 25.6. The highest BCUT2D eigenvalue weighted by atomic mass is 19.3. The quantitative estimate of drug-likeness (QED) is 0.224. The third-order valence-corrected chi connectivity index (χ3v) is 10.7. The number of ether oxygens (including phenoxy) is 5. The molecule has 5 unspecified atom stereocenters. The van der Waals surface area contributed by atoms with Crippen molar-refractivity contribution in [3.8, 4) is 0 Å². The van der Waals surface area contributed by atoms with E-state index in [4.69, 9.17) is 18.9 Å². The van der Waals surface area contributed by atoms with Gasteiger partial charge in [-0.15, -0.1) is 0 Å². The highest BCUT2D eigenvalue weighted by Crippen LogP contribution is 2.56. The Balaban J connectivity index is 0.973. The molecule has 0 heterocycles. The van der Waals surface area contributed by atoms with Crippen molar-refractivity contribution in [1.29, 1.82) is 0 Å². The first kappa shape index (κ1) is 32.5. The molecular formula is C32H38F2O12. The molecule has 252 valence electrons. The van der Waals surface area contributed by atoms with Crippen LogP contribution in [-0.4, -0.2) is 77.9 Å². The smallest absolute Gasteiger partial charge is 0.377 e. The number of esters is 5. The highest BCUT2D eigenvalue weighted by molar-refractivity contribution is 5.87. The second-order valence-corrected chi connectivity index (χ2v) is 14.4. The number of carbonyl (C=O) groups excluding carboxylic acids is 7. The zero-order valence-corrected chi connectivity index (χ0v) is 25.6. The molecule has 0 spiro atoms. The van der Waals surface area contributed by atoms with Crippen molar-refractivity contribution in [2.45, 2.75) is 107 Å². The Morgan fingerprint density at radius 1 is 0.717 bits per heavy atom. The van der Waals surface area contributed by atoms with E-state index in [9.17, 15) is 42.3 Å². The van der Waals surface area contributed by atoms with E-state index in [1.165, 1.54) is 0 Å². The van der Waals surface area contributed by atoms with E-state index in [2.05, 4.69) is 4.74 Å². The molecule has 12 nitrogen and oxygen atoms in total. The highest BCUT2D eigenvalue weighted by Gasteiger charge is 2.58. The van der Waals surface area contributed by atoms with Gasteiger partial charge in [-0.25, -0.2) is 19.2 Å². The van der Waals surface area contributed by atoms with Crippen molar-refractivity contribution >= 4 is 41.4 Å². The molecular weight excluding hydrogens is 614 g/mol. The molecule has 14 heteroatoms. The topological polar surface area (TPSA) is 166 Å². The summed E-state index contributed by atoms with van der Waals surface area (Å²) in [6.45, 7) is -1.36. The average Bonchev–Trinajstić information content (AvgIpc) is 2.96. The first-order chi connectivity index (χ1) is 21.6. The van der Waals surface area contributed by atoms with Crippen LogP contribution in [0.5, 0.6) is 0 Å². The number of ketones is 2. The van der Waals surface area contributed by atoms with E-state index in [1.807, 2.05) is 0 Å². The standard InChI is InChI=1S/C32H38F2O12/c1-30(33,34)29(41)44-22(28(40)43-15-25(37)46-32-9-17-6-20(12-32)27(39)21(7-17)13-32)2-3-23(35)42-14-24(36)45-31-8-16-4-18(10-31)26(38)19(5-16)11-31/h16-22H,2-15H2,1H3. The van der Waals surface area contributed by atoms with Crippen molar-refractivity contribution < 1.29 is 66.0 Å². The summed E-state index contributed by atoms with van der Waals surface area (Å²) in [6, 6.07) is 0. The van der Waals surface area contributed by atoms with Crippen molar-refractivity contribution in [1.82, 2.24) is 0 Å². The number of halogens is 2. The minimum absolute atomic E-state index is 0.124. The summed E-state index contributed by atoms with van der Waals surface area (Å²) in [4.78, 5) is 86.9. The maximum atomic E-state index is 13.5. The largest absolute Gasteiger partial charge is 0.456 e. The fraction of sp³-hybridized carbons (Fsp3) is 0.781. The maximum absolute atomic E-state index is 13.5. The lowest BCUT2D eigenvalue weighted by Crippen LogP contribution is -2.57. The average molecular weight is 653 g/mol. The Kier molecular flexibility index (Phi) is 8.45. The minimum atomic E-state index is -3.96. The van der Waals surface area contributed by atoms with Gasteiger partial charge >= 0.3 is 35.8 Å².